The molecule has 1 atom stereocenters. The van der Waals surface area contributed by atoms with Gasteiger partial charge in [0.2, 0.25) is 5.91 Å². The highest BCUT2D eigenvalue weighted by Gasteiger charge is 2.24. The fourth-order valence-corrected chi connectivity index (χ4v) is 3.00. The van der Waals surface area contributed by atoms with E-state index in [1.54, 1.807) is 4.90 Å². The number of aliphatic hydroxyl groups excluding tert-OH is 1. The Morgan fingerprint density at radius 3 is 2.88 bits per heavy atom. The monoisotopic (exact) mass is 343 g/mol. The highest BCUT2D eigenvalue weighted by molar-refractivity contribution is 5.77. The van der Waals surface area contributed by atoms with Gasteiger partial charge in [-0.15, -0.1) is 0 Å². The van der Waals surface area contributed by atoms with Crippen LogP contribution in [0.5, 0.6) is 0 Å². The second kappa shape index (κ2) is 8.27. The molecule has 0 spiro atoms. The van der Waals surface area contributed by atoms with Crippen molar-refractivity contribution in [1.29, 1.82) is 0 Å². The first-order valence-electron chi connectivity index (χ1n) is 8.81. The fourth-order valence-electron chi connectivity index (χ4n) is 3.00. The Bertz CT molecular complexity index is 699. The minimum Gasteiger partial charge on any atom is -0.386 e. The summed E-state index contributed by atoms with van der Waals surface area (Å²) >= 11 is 0. The number of benzene rings is 1. The van der Waals surface area contributed by atoms with Crippen molar-refractivity contribution in [1.82, 2.24) is 14.7 Å². The topological polar surface area (TPSA) is 67.6 Å². The molecule has 1 N–H and O–H groups in total. The number of carbonyl (C=O) groups is 1. The predicted molar refractivity (Wildman–Crippen MR) is 93.9 cm³/mol. The van der Waals surface area contributed by atoms with Crippen molar-refractivity contribution in [2.75, 3.05) is 19.8 Å². The molecule has 2 aromatic rings. The van der Waals surface area contributed by atoms with Gasteiger partial charge in [0.1, 0.15) is 12.7 Å². The van der Waals surface area contributed by atoms with E-state index in [0.717, 1.165) is 17.7 Å². The summed E-state index contributed by atoms with van der Waals surface area (Å²) in [7, 11) is 0. The molecule has 25 heavy (non-hydrogen) atoms. The minimum absolute atomic E-state index is 0.00674. The van der Waals surface area contributed by atoms with Gasteiger partial charge in [-0.05, 0) is 18.1 Å². The molecule has 1 aromatic heterocycles. The van der Waals surface area contributed by atoms with Gasteiger partial charge in [0, 0.05) is 19.6 Å². The number of nitrogens with zero attached hydrogens (tertiary/aromatic N) is 3. The molecule has 6 nitrogen and oxygen atoms in total. The summed E-state index contributed by atoms with van der Waals surface area (Å²) in [6.07, 6.45) is 0.797. The van der Waals surface area contributed by atoms with E-state index in [1.807, 2.05) is 48.0 Å². The third-order valence-corrected chi connectivity index (χ3v) is 4.36. The lowest BCUT2D eigenvalue weighted by Gasteiger charge is -2.27. The van der Waals surface area contributed by atoms with Gasteiger partial charge in [-0.3, -0.25) is 9.48 Å². The Morgan fingerprint density at radius 1 is 1.32 bits per heavy atom. The van der Waals surface area contributed by atoms with Crippen molar-refractivity contribution in [2.24, 2.45) is 0 Å². The van der Waals surface area contributed by atoms with Crippen molar-refractivity contribution in [3.8, 4) is 0 Å². The summed E-state index contributed by atoms with van der Waals surface area (Å²) < 4.78 is 7.23. The van der Waals surface area contributed by atoms with Gasteiger partial charge in [-0.25, -0.2) is 0 Å². The van der Waals surface area contributed by atoms with Crippen molar-refractivity contribution < 1.29 is 14.6 Å². The van der Waals surface area contributed by atoms with Gasteiger partial charge < -0.3 is 14.7 Å². The summed E-state index contributed by atoms with van der Waals surface area (Å²) in [5.41, 5.74) is 2.69. The predicted octanol–water partition coefficient (Wildman–Crippen LogP) is 1.93. The van der Waals surface area contributed by atoms with Crippen molar-refractivity contribution >= 4 is 5.91 Å². The number of amides is 1. The maximum Gasteiger partial charge on any atom is 0.248 e. The van der Waals surface area contributed by atoms with E-state index in [4.69, 9.17) is 4.74 Å². The third kappa shape index (κ3) is 4.46. The summed E-state index contributed by atoms with van der Waals surface area (Å²) in [5, 5.41) is 15.0. The van der Waals surface area contributed by atoms with Gasteiger partial charge >= 0.3 is 0 Å². The molecule has 3 rings (SSSR count). The zero-order valence-electron chi connectivity index (χ0n) is 14.6. The van der Waals surface area contributed by atoms with Crippen LogP contribution in [-0.4, -0.2) is 45.5 Å². The lowest BCUT2D eigenvalue weighted by molar-refractivity contribution is -0.137. The van der Waals surface area contributed by atoms with Crippen molar-refractivity contribution in [2.45, 2.75) is 39.0 Å². The van der Waals surface area contributed by atoms with Gasteiger partial charge in [0.05, 0.1) is 24.5 Å². The molecule has 0 bridgehead atoms. The SMILES string of the molecule is CCCOCC(=O)N1CCn2nc([C@H](O)Cc3ccccc3)cc2C1. The third-order valence-electron chi connectivity index (χ3n) is 4.36. The summed E-state index contributed by atoms with van der Waals surface area (Å²) in [4.78, 5) is 14.0. The molecule has 1 amide bonds. The molecule has 2 heterocycles. The number of hydrogen-bond donors (Lipinski definition) is 1. The molecule has 0 radical (unpaired) electrons. The van der Waals surface area contributed by atoms with E-state index in [-0.39, 0.29) is 12.5 Å². The number of aliphatic hydroxyl groups is 1. The number of rotatable bonds is 7. The van der Waals surface area contributed by atoms with E-state index in [9.17, 15) is 9.90 Å². The summed E-state index contributed by atoms with van der Waals surface area (Å²) in [6, 6.07) is 11.8. The molecular weight excluding hydrogens is 318 g/mol. The van der Waals surface area contributed by atoms with Gasteiger partial charge in [0.25, 0.3) is 0 Å². The number of carbonyl (C=O) groups excluding carboxylic acids is 1. The van der Waals surface area contributed by atoms with Crippen LogP contribution < -0.4 is 0 Å². The maximum absolute atomic E-state index is 12.2. The average molecular weight is 343 g/mol. The zero-order valence-corrected chi connectivity index (χ0v) is 14.6. The molecule has 0 unspecified atom stereocenters. The van der Waals surface area contributed by atoms with Crippen LogP contribution in [0, 0.1) is 0 Å². The van der Waals surface area contributed by atoms with Crippen LogP contribution in [0.25, 0.3) is 0 Å². The van der Waals surface area contributed by atoms with E-state index in [2.05, 4.69) is 5.10 Å². The van der Waals surface area contributed by atoms with Gasteiger partial charge in [-0.2, -0.15) is 5.10 Å². The lowest BCUT2D eigenvalue weighted by Crippen LogP contribution is -2.40. The zero-order chi connectivity index (χ0) is 17.6. The fraction of sp³-hybridized carbons (Fsp3) is 0.474. The number of aromatic nitrogens is 2. The van der Waals surface area contributed by atoms with E-state index in [0.29, 0.717) is 38.4 Å². The average Bonchev–Trinajstić information content (AvgIpc) is 3.06. The Morgan fingerprint density at radius 2 is 2.12 bits per heavy atom. The van der Waals surface area contributed by atoms with Crippen LogP contribution in [0.2, 0.25) is 0 Å². The van der Waals surface area contributed by atoms with Crippen LogP contribution >= 0.6 is 0 Å². The van der Waals surface area contributed by atoms with E-state index >= 15 is 0 Å². The van der Waals surface area contributed by atoms with Gasteiger partial charge in [0.15, 0.2) is 0 Å². The molecule has 0 aliphatic carbocycles. The number of hydrogen-bond acceptors (Lipinski definition) is 4. The maximum atomic E-state index is 12.2. The molecule has 1 aliphatic rings. The quantitative estimate of drug-likeness (QED) is 0.780. The van der Waals surface area contributed by atoms with Crippen LogP contribution in [0.1, 0.15) is 36.4 Å². The Hall–Kier alpha value is -2.18. The Kier molecular flexibility index (Phi) is 5.83. The number of ether oxygens (including phenoxy) is 1. The standard InChI is InChI=1S/C19H25N3O3/c1-2-10-25-14-19(24)21-8-9-22-16(13-21)12-17(20-22)18(23)11-15-6-4-3-5-7-15/h3-7,12,18,23H,2,8-11,13-14H2,1H3/t18-/m1/s1. The largest absolute Gasteiger partial charge is 0.386 e. The first kappa shape index (κ1) is 17.6. The van der Waals surface area contributed by atoms with Gasteiger partial charge in [-0.1, -0.05) is 37.3 Å². The van der Waals surface area contributed by atoms with Crippen LogP contribution in [0.4, 0.5) is 0 Å². The highest BCUT2D eigenvalue weighted by Crippen LogP contribution is 2.21. The van der Waals surface area contributed by atoms with E-state index in [1.165, 1.54) is 0 Å². The highest BCUT2D eigenvalue weighted by atomic mass is 16.5. The number of fused-ring (bicyclic) bond motifs is 1. The second-order valence-corrected chi connectivity index (χ2v) is 6.36. The van der Waals surface area contributed by atoms with Crippen molar-refractivity contribution in [3.05, 3.63) is 53.3 Å². The normalized spacial score (nSPS) is 15.0. The molecule has 0 saturated heterocycles. The molecular formula is C19H25N3O3. The van der Waals surface area contributed by atoms with Crippen LogP contribution in [0.15, 0.2) is 36.4 Å². The first-order chi connectivity index (χ1) is 12.2. The molecule has 1 aromatic carbocycles. The molecule has 0 fully saturated rings. The smallest absolute Gasteiger partial charge is 0.248 e. The Labute approximate surface area is 148 Å². The molecule has 1 aliphatic heterocycles. The summed E-state index contributed by atoms with van der Waals surface area (Å²) in [5.74, 6) is 0.00674. The second-order valence-electron chi connectivity index (χ2n) is 6.36. The molecule has 134 valence electrons. The summed E-state index contributed by atoms with van der Waals surface area (Å²) in [6.45, 7) is 4.54. The van der Waals surface area contributed by atoms with Crippen LogP contribution in [0.3, 0.4) is 0 Å². The van der Waals surface area contributed by atoms with Crippen molar-refractivity contribution in [3.63, 3.8) is 0 Å². The Balaban J connectivity index is 1.61. The molecule has 6 heteroatoms. The van der Waals surface area contributed by atoms with E-state index < -0.39 is 6.10 Å². The lowest BCUT2D eigenvalue weighted by atomic mass is 10.1. The minimum atomic E-state index is -0.641. The molecule has 0 saturated carbocycles. The van der Waals surface area contributed by atoms with Crippen LogP contribution in [-0.2, 0) is 29.0 Å². The first-order valence-corrected chi connectivity index (χ1v) is 8.81.